The van der Waals surface area contributed by atoms with Gasteiger partial charge in [0.2, 0.25) is 17.7 Å². The number of amides is 4. The van der Waals surface area contributed by atoms with Crippen molar-refractivity contribution in [3.63, 3.8) is 0 Å². The van der Waals surface area contributed by atoms with Crippen molar-refractivity contribution in [1.29, 1.82) is 0 Å². The highest BCUT2D eigenvalue weighted by molar-refractivity contribution is 6.07. The summed E-state index contributed by atoms with van der Waals surface area (Å²) < 4.78 is 5.49. The van der Waals surface area contributed by atoms with Crippen molar-refractivity contribution in [2.45, 2.75) is 46.6 Å². The van der Waals surface area contributed by atoms with Crippen LogP contribution in [0.4, 0.5) is 11.4 Å². The molecule has 1 aliphatic carbocycles. The van der Waals surface area contributed by atoms with Crippen LogP contribution in [0.2, 0.25) is 0 Å². The molecular weight excluding hydrogens is 374 g/mol. The molecule has 2 N–H and O–H groups in total. The summed E-state index contributed by atoms with van der Waals surface area (Å²) in [6.07, 6.45) is 0.728. The van der Waals surface area contributed by atoms with Gasteiger partial charge in [-0.2, -0.15) is 0 Å². The number of nitrogens with one attached hydrogen (secondary N) is 2. The minimum Gasteiger partial charge on any atom is -0.479 e. The summed E-state index contributed by atoms with van der Waals surface area (Å²) in [5, 5.41) is 5.42. The fourth-order valence-corrected chi connectivity index (χ4v) is 4.68. The van der Waals surface area contributed by atoms with Crippen LogP contribution in [0.25, 0.3) is 0 Å². The molecule has 1 saturated heterocycles. The number of carbonyl (C=O) groups excluding carboxylic acids is 4. The topological polar surface area (TPSA) is 105 Å². The van der Waals surface area contributed by atoms with Crippen molar-refractivity contribution in [3.8, 4) is 5.75 Å². The minimum absolute atomic E-state index is 0.254. The maximum absolute atomic E-state index is 13.0. The number of nitrogens with zero attached hydrogens (tertiary/aromatic N) is 1. The number of carbonyl (C=O) groups is 4. The highest BCUT2D eigenvalue weighted by atomic mass is 16.5. The summed E-state index contributed by atoms with van der Waals surface area (Å²) in [5.41, 5.74) is -0.153. The molecule has 1 saturated carbocycles. The molecule has 2 aliphatic heterocycles. The summed E-state index contributed by atoms with van der Waals surface area (Å²) in [5.74, 6) is -1.02. The summed E-state index contributed by atoms with van der Waals surface area (Å²) in [4.78, 5) is 51.3. The summed E-state index contributed by atoms with van der Waals surface area (Å²) in [7, 11) is 0. The Hall–Kier alpha value is -2.90. The third-order valence-corrected chi connectivity index (χ3v) is 7.00. The van der Waals surface area contributed by atoms with Gasteiger partial charge in [-0.3, -0.25) is 24.1 Å². The van der Waals surface area contributed by atoms with Crippen molar-refractivity contribution >= 4 is 35.0 Å². The maximum atomic E-state index is 13.0. The molecular formula is C21H25N3O5. The van der Waals surface area contributed by atoms with Crippen LogP contribution in [-0.4, -0.2) is 41.2 Å². The van der Waals surface area contributed by atoms with E-state index in [-0.39, 0.29) is 30.2 Å². The van der Waals surface area contributed by atoms with E-state index in [1.807, 2.05) is 20.8 Å². The Labute approximate surface area is 169 Å². The Bertz CT molecular complexity index is 940. The van der Waals surface area contributed by atoms with Gasteiger partial charge in [0.15, 0.2) is 6.10 Å². The number of fused-ring (bicyclic) bond motifs is 3. The average molecular weight is 399 g/mol. The molecule has 3 aliphatic rings. The largest absolute Gasteiger partial charge is 0.479 e. The lowest BCUT2D eigenvalue weighted by atomic mass is 9.62. The van der Waals surface area contributed by atoms with Crippen molar-refractivity contribution in [2.75, 3.05) is 17.2 Å². The zero-order valence-corrected chi connectivity index (χ0v) is 17.0. The van der Waals surface area contributed by atoms with E-state index in [1.165, 1.54) is 0 Å². The van der Waals surface area contributed by atoms with Crippen LogP contribution >= 0.6 is 0 Å². The number of likely N-dealkylation sites (tertiary alicyclic amines) is 1. The molecule has 2 fully saturated rings. The van der Waals surface area contributed by atoms with E-state index in [0.29, 0.717) is 30.0 Å². The smallest absolute Gasteiger partial charge is 0.265 e. The Kier molecular flexibility index (Phi) is 4.22. The highest BCUT2D eigenvalue weighted by Crippen LogP contribution is 2.59. The molecule has 1 aromatic rings. The molecule has 0 aromatic heterocycles. The Morgan fingerprint density at radius 3 is 2.72 bits per heavy atom. The fourth-order valence-electron chi connectivity index (χ4n) is 4.68. The lowest BCUT2D eigenvalue weighted by Gasteiger charge is -2.47. The molecule has 0 unspecified atom stereocenters. The molecule has 0 radical (unpaired) electrons. The lowest BCUT2D eigenvalue weighted by molar-refractivity contribution is -0.168. The number of imide groups is 1. The van der Waals surface area contributed by atoms with E-state index < -0.39 is 22.8 Å². The average Bonchev–Trinajstić information content (AvgIpc) is 2.84. The Balaban J connectivity index is 1.48. The first-order valence-corrected chi connectivity index (χ1v) is 9.82. The highest BCUT2D eigenvalue weighted by Gasteiger charge is 2.64. The minimum atomic E-state index is -0.643. The molecule has 1 aromatic carbocycles. The second-order valence-electron chi connectivity index (χ2n) is 8.88. The van der Waals surface area contributed by atoms with Crippen LogP contribution in [0, 0.1) is 16.7 Å². The van der Waals surface area contributed by atoms with Crippen LogP contribution in [0.15, 0.2) is 18.2 Å². The summed E-state index contributed by atoms with van der Waals surface area (Å²) in [6.45, 7) is 7.14. The number of benzene rings is 1. The SMILES string of the molecule is C[C@@H]1Oc2ccc(NC(=O)CN3C(=O)[C@H]4CC[C@@](C)(C3=O)C4(C)C)cc2NC1=O. The number of hydrogen-bond donors (Lipinski definition) is 2. The van der Waals surface area contributed by atoms with Gasteiger partial charge < -0.3 is 15.4 Å². The summed E-state index contributed by atoms with van der Waals surface area (Å²) in [6, 6.07) is 4.89. The molecule has 29 heavy (non-hydrogen) atoms. The monoisotopic (exact) mass is 399 g/mol. The van der Waals surface area contributed by atoms with E-state index >= 15 is 0 Å². The van der Waals surface area contributed by atoms with Gasteiger partial charge >= 0.3 is 0 Å². The maximum Gasteiger partial charge on any atom is 0.265 e. The van der Waals surface area contributed by atoms with Crippen molar-refractivity contribution < 1.29 is 23.9 Å². The molecule has 2 bridgehead atoms. The number of anilines is 2. The number of ether oxygens (including phenoxy) is 1. The van der Waals surface area contributed by atoms with E-state index in [4.69, 9.17) is 4.74 Å². The van der Waals surface area contributed by atoms with E-state index in [1.54, 1.807) is 25.1 Å². The van der Waals surface area contributed by atoms with E-state index in [2.05, 4.69) is 10.6 Å². The number of hydrogen-bond acceptors (Lipinski definition) is 5. The molecule has 3 atom stereocenters. The van der Waals surface area contributed by atoms with Gasteiger partial charge in [0, 0.05) is 11.6 Å². The first-order valence-electron chi connectivity index (χ1n) is 9.82. The second-order valence-corrected chi connectivity index (χ2v) is 8.88. The van der Waals surface area contributed by atoms with Gasteiger partial charge in [-0.25, -0.2) is 0 Å². The van der Waals surface area contributed by atoms with Crippen molar-refractivity contribution in [3.05, 3.63) is 18.2 Å². The predicted molar refractivity (Wildman–Crippen MR) is 105 cm³/mol. The van der Waals surface area contributed by atoms with Gasteiger partial charge in [0.1, 0.15) is 12.3 Å². The van der Waals surface area contributed by atoms with Gasteiger partial charge in [0.25, 0.3) is 5.91 Å². The molecule has 0 spiro atoms. The van der Waals surface area contributed by atoms with Gasteiger partial charge in [-0.15, -0.1) is 0 Å². The zero-order chi connectivity index (χ0) is 21.1. The first-order chi connectivity index (χ1) is 13.5. The van der Waals surface area contributed by atoms with Crippen LogP contribution in [-0.2, 0) is 19.2 Å². The molecule has 4 amide bonds. The zero-order valence-electron chi connectivity index (χ0n) is 17.0. The predicted octanol–water partition coefficient (Wildman–Crippen LogP) is 2.16. The van der Waals surface area contributed by atoms with Crippen LogP contribution < -0.4 is 15.4 Å². The van der Waals surface area contributed by atoms with Gasteiger partial charge in [-0.05, 0) is 43.4 Å². The molecule has 8 nitrogen and oxygen atoms in total. The Morgan fingerprint density at radius 2 is 2.00 bits per heavy atom. The summed E-state index contributed by atoms with van der Waals surface area (Å²) >= 11 is 0. The van der Waals surface area contributed by atoms with Crippen LogP contribution in [0.5, 0.6) is 5.75 Å². The van der Waals surface area contributed by atoms with Crippen molar-refractivity contribution in [1.82, 2.24) is 4.90 Å². The number of piperidine rings is 1. The lowest BCUT2D eigenvalue weighted by Crippen LogP contribution is -2.60. The quantitative estimate of drug-likeness (QED) is 0.758. The van der Waals surface area contributed by atoms with E-state index in [9.17, 15) is 19.2 Å². The van der Waals surface area contributed by atoms with Gasteiger partial charge in [-0.1, -0.05) is 20.8 Å². The first kappa shape index (κ1) is 19.4. The number of rotatable bonds is 3. The van der Waals surface area contributed by atoms with Gasteiger partial charge in [0.05, 0.1) is 11.1 Å². The molecule has 4 rings (SSSR count). The third-order valence-electron chi connectivity index (χ3n) is 7.00. The van der Waals surface area contributed by atoms with Crippen LogP contribution in [0.3, 0.4) is 0 Å². The third kappa shape index (κ3) is 2.81. The Morgan fingerprint density at radius 1 is 1.28 bits per heavy atom. The van der Waals surface area contributed by atoms with Crippen molar-refractivity contribution in [2.24, 2.45) is 16.7 Å². The van der Waals surface area contributed by atoms with Crippen LogP contribution in [0.1, 0.15) is 40.5 Å². The fraction of sp³-hybridized carbons (Fsp3) is 0.524. The normalized spacial score (nSPS) is 29.8. The molecule has 2 heterocycles. The molecule has 154 valence electrons. The standard InChI is InChI=1S/C21H25N3O5/c1-11-17(26)23-14-9-12(5-6-15(14)29-11)22-16(25)10-24-18(27)13-7-8-21(4,19(24)28)20(13,2)3/h5-6,9,11,13H,7-8,10H2,1-4H3,(H,22,25)(H,23,26)/t11-,13+,21-/m0/s1. The molecule has 8 heteroatoms. The van der Waals surface area contributed by atoms with E-state index in [0.717, 1.165) is 4.90 Å². The second kappa shape index (κ2) is 6.30.